The molecule has 8 rings (SSSR count). The van der Waals surface area contributed by atoms with Gasteiger partial charge in [-0.1, -0.05) is 97.1 Å². The van der Waals surface area contributed by atoms with Crippen LogP contribution in [0.1, 0.15) is 27.8 Å². The molecule has 1 aromatic heterocycles. The summed E-state index contributed by atoms with van der Waals surface area (Å²) in [4.78, 5) is 6.88. The lowest BCUT2D eigenvalue weighted by atomic mass is 9.64. The lowest BCUT2D eigenvalue weighted by molar-refractivity contribution is 0.752. The first-order chi connectivity index (χ1) is 19.8. The zero-order valence-corrected chi connectivity index (χ0v) is 21.6. The number of pyridine rings is 1. The number of benzene rings is 5. The van der Waals surface area contributed by atoms with E-state index in [1.54, 1.807) is 12.3 Å². The molecule has 0 atom stereocenters. The van der Waals surface area contributed by atoms with Crippen LogP contribution in [0.5, 0.6) is 0 Å². The number of hydrogen-bond donors (Lipinski definition) is 0. The monoisotopic (exact) mass is 509 g/mol. The first kappa shape index (κ1) is 22.5. The highest BCUT2D eigenvalue weighted by atomic mass is 15.2. The van der Waals surface area contributed by atoms with E-state index in [9.17, 15) is 5.26 Å². The zero-order chi connectivity index (χ0) is 26.7. The molecular formula is C37H23N3. The molecule has 1 aliphatic heterocycles. The second-order valence-electron chi connectivity index (χ2n) is 10.3. The highest BCUT2D eigenvalue weighted by Crippen LogP contribution is 2.63. The summed E-state index contributed by atoms with van der Waals surface area (Å²) >= 11 is 0. The van der Waals surface area contributed by atoms with E-state index in [1.807, 2.05) is 6.07 Å². The first-order valence-electron chi connectivity index (χ1n) is 13.5. The molecule has 40 heavy (non-hydrogen) atoms. The van der Waals surface area contributed by atoms with Crippen molar-refractivity contribution in [2.45, 2.75) is 5.41 Å². The SMILES string of the molecule is N#Cc1ccnc(-c2ccc(N3c4ccccc4C4(c5ccccc5-c5ccccc54)c4ccccc43)cc2)c1. The average molecular weight is 510 g/mol. The summed E-state index contributed by atoms with van der Waals surface area (Å²) in [5.41, 5.74) is 13.2. The lowest BCUT2D eigenvalue weighted by Gasteiger charge is -2.45. The van der Waals surface area contributed by atoms with Crippen LogP contribution in [0.3, 0.4) is 0 Å². The molecule has 6 aromatic rings. The van der Waals surface area contributed by atoms with Crippen LogP contribution in [0.15, 0.2) is 140 Å². The van der Waals surface area contributed by atoms with Crippen molar-refractivity contribution in [2.24, 2.45) is 0 Å². The summed E-state index contributed by atoms with van der Waals surface area (Å²) in [6, 6.07) is 49.6. The van der Waals surface area contributed by atoms with Crippen LogP contribution in [-0.2, 0) is 5.41 Å². The quantitative estimate of drug-likeness (QED) is 0.234. The Hall–Kier alpha value is -5.46. The van der Waals surface area contributed by atoms with Gasteiger partial charge in [-0.15, -0.1) is 0 Å². The van der Waals surface area contributed by atoms with Gasteiger partial charge in [-0.2, -0.15) is 5.26 Å². The van der Waals surface area contributed by atoms with E-state index in [4.69, 9.17) is 0 Å². The molecule has 0 fully saturated rings. The molecule has 0 N–H and O–H groups in total. The van der Waals surface area contributed by atoms with Gasteiger partial charge in [0.05, 0.1) is 34.1 Å². The third kappa shape index (κ3) is 2.96. The van der Waals surface area contributed by atoms with Crippen molar-refractivity contribution >= 4 is 17.1 Å². The van der Waals surface area contributed by atoms with Crippen molar-refractivity contribution in [3.63, 3.8) is 0 Å². The van der Waals surface area contributed by atoms with Gasteiger partial charge in [0.1, 0.15) is 0 Å². The first-order valence-corrected chi connectivity index (χ1v) is 13.5. The highest BCUT2D eigenvalue weighted by Gasteiger charge is 2.51. The minimum atomic E-state index is -0.404. The number of aromatic nitrogens is 1. The summed E-state index contributed by atoms with van der Waals surface area (Å²) in [6.07, 6.45) is 1.69. The Labute approximate surface area is 233 Å². The van der Waals surface area contributed by atoms with Crippen molar-refractivity contribution in [3.05, 3.63) is 167 Å². The molecule has 1 aliphatic carbocycles. The Balaban J connectivity index is 1.37. The molecule has 186 valence electrons. The van der Waals surface area contributed by atoms with Crippen molar-refractivity contribution in [3.8, 4) is 28.5 Å². The molecule has 0 radical (unpaired) electrons. The second-order valence-corrected chi connectivity index (χ2v) is 10.3. The largest absolute Gasteiger partial charge is 0.310 e. The molecule has 3 nitrogen and oxygen atoms in total. The number of rotatable bonds is 2. The van der Waals surface area contributed by atoms with E-state index in [-0.39, 0.29) is 0 Å². The predicted octanol–water partition coefficient (Wildman–Crippen LogP) is 8.77. The number of hydrogen-bond acceptors (Lipinski definition) is 3. The van der Waals surface area contributed by atoms with Gasteiger partial charge >= 0.3 is 0 Å². The van der Waals surface area contributed by atoms with Gasteiger partial charge in [0.15, 0.2) is 0 Å². The van der Waals surface area contributed by atoms with Crippen LogP contribution in [0, 0.1) is 11.3 Å². The summed E-state index contributed by atoms with van der Waals surface area (Å²) < 4.78 is 0. The Bertz CT molecular complexity index is 1890. The van der Waals surface area contributed by atoms with Crippen LogP contribution < -0.4 is 4.90 Å². The molecule has 0 bridgehead atoms. The Morgan fingerprint density at radius 3 is 1.68 bits per heavy atom. The maximum absolute atomic E-state index is 9.33. The van der Waals surface area contributed by atoms with Gasteiger partial charge in [-0.05, 0) is 69.8 Å². The van der Waals surface area contributed by atoms with Crippen molar-refractivity contribution in [1.29, 1.82) is 5.26 Å². The van der Waals surface area contributed by atoms with E-state index in [0.717, 1.165) is 16.9 Å². The van der Waals surface area contributed by atoms with Gasteiger partial charge in [0, 0.05) is 17.4 Å². The molecule has 0 saturated carbocycles. The molecule has 0 unspecified atom stereocenters. The van der Waals surface area contributed by atoms with Crippen LogP contribution in [-0.4, -0.2) is 4.98 Å². The Morgan fingerprint density at radius 2 is 1.10 bits per heavy atom. The van der Waals surface area contributed by atoms with Crippen LogP contribution >= 0.6 is 0 Å². The topological polar surface area (TPSA) is 39.9 Å². The van der Waals surface area contributed by atoms with Crippen LogP contribution in [0.25, 0.3) is 22.4 Å². The molecule has 1 spiro atoms. The van der Waals surface area contributed by atoms with Crippen LogP contribution in [0.2, 0.25) is 0 Å². The molecule has 0 amide bonds. The molecule has 5 aromatic carbocycles. The number of anilines is 3. The van der Waals surface area contributed by atoms with Gasteiger partial charge in [0.2, 0.25) is 0 Å². The van der Waals surface area contributed by atoms with E-state index in [1.165, 1.54) is 44.8 Å². The zero-order valence-electron chi connectivity index (χ0n) is 21.6. The van der Waals surface area contributed by atoms with E-state index >= 15 is 0 Å². The average Bonchev–Trinajstić information content (AvgIpc) is 3.33. The number of fused-ring (bicyclic) bond motifs is 9. The van der Waals surface area contributed by atoms with E-state index in [2.05, 4.69) is 137 Å². The highest BCUT2D eigenvalue weighted by molar-refractivity contribution is 5.95. The van der Waals surface area contributed by atoms with Crippen molar-refractivity contribution in [1.82, 2.24) is 4.98 Å². The second kappa shape index (κ2) is 8.53. The number of nitrogens with zero attached hydrogens (tertiary/aromatic N) is 3. The fraction of sp³-hybridized carbons (Fsp3) is 0.0270. The maximum atomic E-state index is 9.33. The van der Waals surface area contributed by atoms with Gasteiger partial charge in [-0.3, -0.25) is 4.98 Å². The fourth-order valence-electron chi connectivity index (χ4n) is 6.78. The summed E-state index contributed by atoms with van der Waals surface area (Å²) in [5, 5.41) is 9.33. The molecule has 2 aliphatic rings. The fourth-order valence-corrected chi connectivity index (χ4v) is 6.78. The molecule has 0 saturated heterocycles. The number of nitriles is 1. The minimum Gasteiger partial charge on any atom is -0.310 e. The Kier molecular flexibility index (Phi) is 4.80. The molecule has 2 heterocycles. The van der Waals surface area contributed by atoms with E-state index < -0.39 is 5.41 Å². The van der Waals surface area contributed by atoms with E-state index in [0.29, 0.717) is 5.56 Å². The van der Waals surface area contributed by atoms with Crippen molar-refractivity contribution < 1.29 is 0 Å². The normalized spacial score (nSPS) is 13.6. The number of para-hydroxylation sites is 2. The van der Waals surface area contributed by atoms with Crippen molar-refractivity contribution in [2.75, 3.05) is 4.90 Å². The van der Waals surface area contributed by atoms with Crippen LogP contribution in [0.4, 0.5) is 17.1 Å². The third-order valence-electron chi connectivity index (χ3n) is 8.36. The predicted molar refractivity (Wildman–Crippen MR) is 160 cm³/mol. The molecule has 3 heteroatoms. The maximum Gasteiger partial charge on any atom is 0.0992 e. The van der Waals surface area contributed by atoms with Gasteiger partial charge in [0.25, 0.3) is 0 Å². The standard InChI is InChI=1S/C37H23N3/c38-24-25-21-22-39-34(23-25)26-17-19-27(20-18-26)40-35-15-7-5-13-32(35)37(33-14-6-8-16-36(33)40)30-11-3-1-9-28(30)29-10-2-4-12-31(29)37/h1-23H. The van der Waals surface area contributed by atoms with Gasteiger partial charge < -0.3 is 4.90 Å². The smallest absolute Gasteiger partial charge is 0.0992 e. The molecular weight excluding hydrogens is 486 g/mol. The summed E-state index contributed by atoms with van der Waals surface area (Å²) in [5.74, 6) is 0. The summed E-state index contributed by atoms with van der Waals surface area (Å²) in [7, 11) is 0. The third-order valence-corrected chi connectivity index (χ3v) is 8.36. The lowest BCUT2D eigenvalue weighted by Crippen LogP contribution is -2.36. The minimum absolute atomic E-state index is 0.404. The Morgan fingerprint density at radius 1 is 0.575 bits per heavy atom. The van der Waals surface area contributed by atoms with Gasteiger partial charge in [-0.25, -0.2) is 0 Å². The summed E-state index contributed by atoms with van der Waals surface area (Å²) in [6.45, 7) is 0.